The second-order valence-corrected chi connectivity index (χ2v) is 4.28. The van der Waals surface area contributed by atoms with E-state index in [4.69, 9.17) is 4.74 Å². The Balaban J connectivity index is 2.49. The lowest BCUT2D eigenvalue weighted by molar-refractivity contribution is -0.141. The van der Waals surface area contributed by atoms with Crippen LogP contribution in [0.15, 0.2) is 28.7 Å². The van der Waals surface area contributed by atoms with Gasteiger partial charge in [-0.1, -0.05) is 12.1 Å². The Bertz CT molecular complexity index is 566. The number of H-pyrrole nitrogens is 1. The zero-order chi connectivity index (χ0) is 13.3. The van der Waals surface area contributed by atoms with E-state index in [0.29, 0.717) is 11.3 Å². The Morgan fingerprint density at radius 3 is 2.61 bits per heavy atom. The minimum absolute atomic E-state index is 0.108. The van der Waals surface area contributed by atoms with Crippen LogP contribution in [0.4, 0.5) is 13.2 Å². The van der Waals surface area contributed by atoms with Crippen LogP contribution in [0.25, 0.3) is 11.3 Å². The summed E-state index contributed by atoms with van der Waals surface area (Å²) in [7, 11) is 1.49. The number of methoxy groups -OCH3 is 1. The van der Waals surface area contributed by atoms with Crippen LogP contribution >= 0.6 is 15.9 Å². The van der Waals surface area contributed by atoms with Crippen LogP contribution in [0.2, 0.25) is 0 Å². The molecule has 0 unspecified atom stereocenters. The van der Waals surface area contributed by atoms with Gasteiger partial charge in [-0.05, 0) is 28.1 Å². The van der Waals surface area contributed by atoms with Crippen molar-refractivity contribution in [3.63, 3.8) is 0 Å². The highest BCUT2D eigenvalue weighted by Crippen LogP contribution is 2.38. The highest BCUT2D eigenvalue weighted by Gasteiger charge is 2.36. The van der Waals surface area contributed by atoms with Crippen molar-refractivity contribution in [2.45, 2.75) is 6.18 Å². The van der Waals surface area contributed by atoms with E-state index in [1.54, 1.807) is 24.3 Å². The van der Waals surface area contributed by atoms with E-state index < -0.39 is 11.9 Å². The van der Waals surface area contributed by atoms with Crippen LogP contribution in [-0.4, -0.2) is 17.3 Å². The fraction of sp³-hybridized carbons (Fsp3) is 0.182. The van der Waals surface area contributed by atoms with Crippen molar-refractivity contribution in [3.05, 3.63) is 34.4 Å². The molecule has 0 spiro atoms. The van der Waals surface area contributed by atoms with Crippen molar-refractivity contribution in [3.8, 4) is 17.0 Å². The lowest BCUT2D eigenvalue weighted by Crippen LogP contribution is -2.06. The van der Waals surface area contributed by atoms with Crippen molar-refractivity contribution in [1.29, 1.82) is 0 Å². The number of rotatable bonds is 2. The molecule has 2 aromatic rings. The second-order valence-electron chi connectivity index (χ2n) is 3.49. The third kappa shape index (κ3) is 2.35. The zero-order valence-electron chi connectivity index (χ0n) is 9.18. The highest BCUT2D eigenvalue weighted by molar-refractivity contribution is 9.10. The van der Waals surface area contributed by atoms with E-state index in [2.05, 4.69) is 21.0 Å². The quantitative estimate of drug-likeness (QED) is 0.912. The van der Waals surface area contributed by atoms with Crippen molar-refractivity contribution < 1.29 is 17.9 Å². The monoisotopic (exact) mass is 320 g/mol. The Morgan fingerprint density at radius 2 is 2.06 bits per heavy atom. The smallest absolute Gasteiger partial charge is 0.433 e. The van der Waals surface area contributed by atoms with E-state index in [1.807, 2.05) is 5.10 Å². The molecule has 96 valence electrons. The molecule has 1 aromatic carbocycles. The lowest BCUT2D eigenvalue weighted by atomic mass is 10.1. The van der Waals surface area contributed by atoms with E-state index >= 15 is 0 Å². The third-order valence-corrected chi connectivity index (χ3v) is 3.11. The molecular weight excluding hydrogens is 313 g/mol. The first-order valence-corrected chi connectivity index (χ1v) is 5.68. The molecule has 0 aliphatic rings. The molecule has 1 N–H and O–H groups in total. The maximum Gasteiger partial charge on any atom is 0.433 e. The molecule has 0 radical (unpaired) electrons. The topological polar surface area (TPSA) is 37.9 Å². The first-order valence-electron chi connectivity index (χ1n) is 4.89. The number of benzene rings is 1. The molecule has 0 aliphatic carbocycles. The largest absolute Gasteiger partial charge is 0.497 e. The molecule has 0 aliphatic heterocycles. The zero-order valence-corrected chi connectivity index (χ0v) is 10.8. The number of ether oxygens (including phenoxy) is 1. The Labute approximate surface area is 109 Å². The van der Waals surface area contributed by atoms with Crippen molar-refractivity contribution >= 4 is 15.9 Å². The summed E-state index contributed by atoms with van der Waals surface area (Å²) in [4.78, 5) is 0. The maximum absolute atomic E-state index is 12.6. The summed E-state index contributed by atoms with van der Waals surface area (Å²) in [6.45, 7) is 0. The van der Waals surface area contributed by atoms with Gasteiger partial charge in [0.05, 0.1) is 11.6 Å². The van der Waals surface area contributed by atoms with E-state index in [0.717, 1.165) is 0 Å². The molecule has 0 atom stereocenters. The van der Waals surface area contributed by atoms with Gasteiger partial charge in [0, 0.05) is 5.56 Å². The van der Waals surface area contributed by atoms with Gasteiger partial charge in [-0.3, -0.25) is 5.10 Å². The number of alkyl halides is 3. The van der Waals surface area contributed by atoms with Gasteiger partial charge in [-0.15, -0.1) is 0 Å². The van der Waals surface area contributed by atoms with Gasteiger partial charge in [-0.25, -0.2) is 0 Å². The van der Waals surface area contributed by atoms with Gasteiger partial charge in [0.1, 0.15) is 11.4 Å². The van der Waals surface area contributed by atoms with Gasteiger partial charge in [0.2, 0.25) is 0 Å². The predicted molar refractivity (Wildman–Crippen MR) is 63.3 cm³/mol. The number of aromatic amines is 1. The summed E-state index contributed by atoms with van der Waals surface area (Å²) in [5.41, 5.74) is -0.172. The molecule has 0 fully saturated rings. The Hall–Kier alpha value is -1.50. The Morgan fingerprint density at radius 1 is 1.33 bits per heavy atom. The number of halogens is 4. The van der Waals surface area contributed by atoms with Crippen LogP contribution in [-0.2, 0) is 6.18 Å². The lowest BCUT2D eigenvalue weighted by Gasteiger charge is -2.04. The minimum Gasteiger partial charge on any atom is -0.497 e. The molecule has 18 heavy (non-hydrogen) atoms. The average molecular weight is 321 g/mol. The predicted octanol–water partition coefficient (Wildman–Crippen LogP) is 3.87. The summed E-state index contributed by atoms with van der Waals surface area (Å²) in [6.07, 6.45) is -4.47. The van der Waals surface area contributed by atoms with Gasteiger partial charge < -0.3 is 4.74 Å². The fourth-order valence-corrected chi connectivity index (χ4v) is 2.11. The van der Waals surface area contributed by atoms with E-state index in [-0.39, 0.29) is 10.2 Å². The van der Waals surface area contributed by atoms with Crippen molar-refractivity contribution in [2.24, 2.45) is 0 Å². The number of aromatic nitrogens is 2. The molecule has 0 amide bonds. The molecule has 3 nitrogen and oxygen atoms in total. The highest BCUT2D eigenvalue weighted by atomic mass is 79.9. The number of hydrogen-bond donors (Lipinski definition) is 1. The minimum atomic E-state index is -4.47. The second kappa shape index (κ2) is 4.64. The molecule has 0 saturated carbocycles. The molecule has 0 bridgehead atoms. The van der Waals surface area contributed by atoms with Gasteiger partial charge in [0.15, 0.2) is 5.69 Å². The van der Waals surface area contributed by atoms with Crippen LogP contribution in [0.5, 0.6) is 5.75 Å². The van der Waals surface area contributed by atoms with Crippen LogP contribution in [0.3, 0.4) is 0 Å². The average Bonchev–Trinajstić information content (AvgIpc) is 2.71. The molecule has 1 heterocycles. The molecule has 1 aromatic heterocycles. The number of hydrogen-bond acceptors (Lipinski definition) is 2. The number of nitrogens with one attached hydrogen (secondary N) is 1. The standard InChI is InChI=1S/C11H8BrF3N2O/c1-18-7-4-2-3-6(5-7)9-8(12)10(17-16-9)11(13,14)15/h2-5H,1H3,(H,16,17). The summed E-state index contributed by atoms with van der Waals surface area (Å²) < 4.78 is 42.7. The maximum atomic E-state index is 12.6. The fourth-order valence-electron chi connectivity index (χ4n) is 1.48. The molecule has 0 saturated heterocycles. The summed E-state index contributed by atoms with van der Waals surface area (Å²) >= 11 is 2.92. The SMILES string of the molecule is COc1cccc(-c2n[nH]c(C(F)(F)F)c2Br)c1. The first-order chi connectivity index (χ1) is 8.43. The van der Waals surface area contributed by atoms with Crippen molar-refractivity contribution in [2.75, 3.05) is 7.11 Å². The molecule has 7 heteroatoms. The normalized spacial score (nSPS) is 11.6. The van der Waals surface area contributed by atoms with Gasteiger partial charge in [0.25, 0.3) is 0 Å². The van der Waals surface area contributed by atoms with Crippen molar-refractivity contribution in [1.82, 2.24) is 10.2 Å². The summed E-state index contributed by atoms with van der Waals surface area (Å²) in [5, 5.41) is 5.67. The van der Waals surface area contributed by atoms with E-state index in [9.17, 15) is 13.2 Å². The van der Waals surface area contributed by atoms with Crippen LogP contribution in [0.1, 0.15) is 5.69 Å². The van der Waals surface area contributed by atoms with Crippen LogP contribution < -0.4 is 4.74 Å². The summed E-state index contributed by atoms with van der Waals surface area (Å²) in [5.74, 6) is 0.552. The summed E-state index contributed by atoms with van der Waals surface area (Å²) in [6, 6.07) is 6.65. The van der Waals surface area contributed by atoms with Gasteiger partial charge >= 0.3 is 6.18 Å². The molecular formula is C11H8BrF3N2O. The first kappa shape index (κ1) is 12.9. The van der Waals surface area contributed by atoms with E-state index in [1.165, 1.54) is 7.11 Å². The van der Waals surface area contributed by atoms with Crippen LogP contribution in [0, 0.1) is 0 Å². The Kier molecular flexibility index (Phi) is 3.34. The number of nitrogens with zero attached hydrogens (tertiary/aromatic N) is 1. The third-order valence-electron chi connectivity index (χ3n) is 2.33. The molecule has 2 rings (SSSR count). The van der Waals surface area contributed by atoms with Gasteiger partial charge in [-0.2, -0.15) is 18.3 Å².